The van der Waals surface area contributed by atoms with Gasteiger partial charge in [0.15, 0.2) is 0 Å². The van der Waals surface area contributed by atoms with Crippen LogP contribution in [0.5, 0.6) is 0 Å². The quantitative estimate of drug-likeness (QED) is 0.863. The molecule has 0 bridgehead atoms. The van der Waals surface area contributed by atoms with E-state index in [9.17, 15) is 0 Å². The minimum absolute atomic E-state index is 1.05. The van der Waals surface area contributed by atoms with Crippen LogP contribution >= 0.6 is 11.3 Å². The Morgan fingerprint density at radius 2 is 1.95 bits per heavy atom. The molecule has 2 aliphatic rings. The SMILES string of the molecule is c1nc(N2CCNCC2)c2sc3c(c2n1)CCCC3. The number of aromatic nitrogens is 2. The van der Waals surface area contributed by atoms with Gasteiger partial charge in [-0.05, 0) is 31.2 Å². The lowest BCUT2D eigenvalue weighted by molar-refractivity contribution is 0.586. The van der Waals surface area contributed by atoms with Gasteiger partial charge in [0.25, 0.3) is 0 Å². The fraction of sp³-hybridized carbons (Fsp3) is 0.571. The van der Waals surface area contributed by atoms with E-state index >= 15 is 0 Å². The second-order valence-electron chi connectivity index (χ2n) is 5.32. The maximum absolute atomic E-state index is 4.57. The molecule has 2 aromatic heterocycles. The Bertz CT molecular complexity index is 601. The summed E-state index contributed by atoms with van der Waals surface area (Å²) in [6.07, 6.45) is 6.83. The Labute approximate surface area is 116 Å². The highest BCUT2D eigenvalue weighted by molar-refractivity contribution is 7.19. The molecular weight excluding hydrogens is 256 g/mol. The number of aryl methyl sites for hydroxylation is 2. The summed E-state index contributed by atoms with van der Waals surface area (Å²) in [5.74, 6) is 1.16. The van der Waals surface area contributed by atoms with Crippen molar-refractivity contribution in [2.24, 2.45) is 0 Å². The summed E-state index contributed by atoms with van der Waals surface area (Å²) in [6, 6.07) is 0. The summed E-state index contributed by atoms with van der Waals surface area (Å²) < 4.78 is 1.32. The highest BCUT2D eigenvalue weighted by Gasteiger charge is 2.22. The molecule has 5 heteroatoms. The maximum Gasteiger partial charge on any atom is 0.150 e. The number of nitrogens with zero attached hydrogens (tertiary/aromatic N) is 3. The van der Waals surface area contributed by atoms with E-state index in [-0.39, 0.29) is 0 Å². The van der Waals surface area contributed by atoms with Gasteiger partial charge in [-0.25, -0.2) is 9.97 Å². The molecule has 0 aromatic carbocycles. The smallest absolute Gasteiger partial charge is 0.150 e. The average molecular weight is 274 g/mol. The van der Waals surface area contributed by atoms with Crippen LogP contribution in [-0.2, 0) is 12.8 Å². The molecule has 1 N–H and O–H groups in total. The van der Waals surface area contributed by atoms with Crippen molar-refractivity contribution < 1.29 is 0 Å². The van der Waals surface area contributed by atoms with Gasteiger partial charge in [-0.15, -0.1) is 11.3 Å². The molecule has 0 saturated carbocycles. The normalized spacial score (nSPS) is 19.7. The molecule has 4 nitrogen and oxygen atoms in total. The average Bonchev–Trinajstić information content (AvgIpc) is 2.87. The number of rotatable bonds is 1. The van der Waals surface area contributed by atoms with E-state index in [4.69, 9.17) is 0 Å². The summed E-state index contributed by atoms with van der Waals surface area (Å²) in [7, 11) is 0. The predicted octanol–water partition coefficient (Wildman–Crippen LogP) is 1.98. The van der Waals surface area contributed by atoms with Gasteiger partial charge >= 0.3 is 0 Å². The highest BCUT2D eigenvalue weighted by atomic mass is 32.1. The van der Waals surface area contributed by atoms with Crippen LogP contribution < -0.4 is 10.2 Å². The van der Waals surface area contributed by atoms with Crippen molar-refractivity contribution in [1.29, 1.82) is 0 Å². The molecule has 100 valence electrons. The molecule has 3 heterocycles. The van der Waals surface area contributed by atoms with Crippen LogP contribution in [-0.4, -0.2) is 36.1 Å². The summed E-state index contributed by atoms with van der Waals surface area (Å²) >= 11 is 1.93. The summed E-state index contributed by atoms with van der Waals surface area (Å²) in [6.45, 7) is 4.20. The Hall–Kier alpha value is -1.20. The number of thiophene rings is 1. The lowest BCUT2D eigenvalue weighted by atomic mass is 9.98. The lowest BCUT2D eigenvalue weighted by Crippen LogP contribution is -2.43. The van der Waals surface area contributed by atoms with E-state index in [1.54, 1.807) is 11.2 Å². The van der Waals surface area contributed by atoms with Crippen molar-refractivity contribution in [2.45, 2.75) is 25.7 Å². The minimum Gasteiger partial charge on any atom is -0.353 e. The maximum atomic E-state index is 4.57. The number of piperazine rings is 1. The van der Waals surface area contributed by atoms with Crippen molar-refractivity contribution in [3.05, 3.63) is 16.8 Å². The first-order chi connectivity index (χ1) is 9.43. The van der Waals surface area contributed by atoms with E-state index in [2.05, 4.69) is 20.2 Å². The minimum atomic E-state index is 1.05. The second-order valence-corrected chi connectivity index (χ2v) is 6.43. The number of nitrogens with one attached hydrogen (secondary N) is 1. The fourth-order valence-corrected chi connectivity index (χ4v) is 4.50. The zero-order valence-electron chi connectivity index (χ0n) is 11.0. The van der Waals surface area contributed by atoms with Crippen LogP contribution in [0.15, 0.2) is 6.33 Å². The van der Waals surface area contributed by atoms with Gasteiger partial charge < -0.3 is 10.2 Å². The number of fused-ring (bicyclic) bond motifs is 3. The second kappa shape index (κ2) is 4.72. The summed E-state index contributed by atoms with van der Waals surface area (Å²) in [5, 5.41) is 3.40. The number of anilines is 1. The molecule has 2 aromatic rings. The van der Waals surface area contributed by atoms with Gasteiger partial charge in [0.05, 0.1) is 10.2 Å². The molecule has 1 saturated heterocycles. The molecule has 4 rings (SSSR count). The van der Waals surface area contributed by atoms with Gasteiger partial charge in [0, 0.05) is 31.1 Å². The van der Waals surface area contributed by atoms with Crippen LogP contribution in [0, 0.1) is 0 Å². The number of hydrogen-bond donors (Lipinski definition) is 1. The molecular formula is C14H18N4S. The third kappa shape index (κ3) is 1.92. The molecule has 19 heavy (non-hydrogen) atoms. The van der Waals surface area contributed by atoms with Gasteiger partial charge in [0.1, 0.15) is 12.1 Å². The molecule has 0 unspecified atom stereocenters. The largest absolute Gasteiger partial charge is 0.353 e. The predicted molar refractivity (Wildman–Crippen MR) is 79.1 cm³/mol. The van der Waals surface area contributed by atoms with E-state index in [1.165, 1.54) is 41.5 Å². The lowest BCUT2D eigenvalue weighted by Gasteiger charge is -2.28. The van der Waals surface area contributed by atoms with Gasteiger partial charge in [0.2, 0.25) is 0 Å². The van der Waals surface area contributed by atoms with E-state index < -0.39 is 0 Å². The van der Waals surface area contributed by atoms with Crippen molar-refractivity contribution in [3.8, 4) is 0 Å². The first-order valence-corrected chi connectivity index (χ1v) is 7.96. The van der Waals surface area contributed by atoms with Crippen LogP contribution in [0.25, 0.3) is 10.2 Å². The van der Waals surface area contributed by atoms with Gasteiger partial charge in [-0.3, -0.25) is 0 Å². The Balaban J connectivity index is 1.84. The first-order valence-electron chi connectivity index (χ1n) is 7.14. The number of hydrogen-bond acceptors (Lipinski definition) is 5. The standard InChI is InChI=1S/C14H18N4S/c1-2-4-11-10(3-1)12-13(19-11)14(17-9-16-12)18-7-5-15-6-8-18/h9,15H,1-8H2. The van der Waals surface area contributed by atoms with Crippen molar-refractivity contribution in [3.63, 3.8) is 0 Å². The van der Waals surface area contributed by atoms with Crippen molar-refractivity contribution in [2.75, 3.05) is 31.1 Å². The third-order valence-corrected chi connectivity index (χ3v) is 5.41. The van der Waals surface area contributed by atoms with E-state index in [0.29, 0.717) is 0 Å². The summed E-state index contributed by atoms with van der Waals surface area (Å²) in [4.78, 5) is 13.1. The van der Waals surface area contributed by atoms with Crippen LogP contribution in [0.1, 0.15) is 23.3 Å². The van der Waals surface area contributed by atoms with Crippen LogP contribution in [0.2, 0.25) is 0 Å². The first kappa shape index (κ1) is 11.6. The Morgan fingerprint density at radius 3 is 2.84 bits per heavy atom. The van der Waals surface area contributed by atoms with Crippen molar-refractivity contribution >= 4 is 27.4 Å². The zero-order valence-corrected chi connectivity index (χ0v) is 11.8. The Morgan fingerprint density at radius 1 is 1.11 bits per heavy atom. The van der Waals surface area contributed by atoms with Gasteiger partial charge in [-0.1, -0.05) is 0 Å². The molecule has 0 spiro atoms. The van der Waals surface area contributed by atoms with Gasteiger partial charge in [-0.2, -0.15) is 0 Å². The molecule has 0 radical (unpaired) electrons. The molecule has 1 fully saturated rings. The van der Waals surface area contributed by atoms with Crippen LogP contribution in [0.4, 0.5) is 5.82 Å². The topological polar surface area (TPSA) is 41.1 Å². The molecule has 1 aliphatic heterocycles. The third-order valence-electron chi connectivity index (χ3n) is 4.13. The van der Waals surface area contributed by atoms with E-state index in [1.807, 2.05) is 11.3 Å². The van der Waals surface area contributed by atoms with Crippen molar-refractivity contribution in [1.82, 2.24) is 15.3 Å². The highest BCUT2D eigenvalue weighted by Crippen LogP contribution is 2.38. The molecule has 0 atom stereocenters. The fourth-order valence-electron chi connectivity index (χ4n) is 3.14. The van der Waals surface area contributed by atoms with Crippen LogP contribution in [0.3, 0.4) is 0 Å². The molecule has 1 aliphatic carbocycles. The monoisotopic (exact) mass is 274 g/mol. The Kier molecular flexibility index (Phi) is 2.89. The molecule has 0 amide bonds. The zero-order chi connectivity index (χ0) is 12.7. The van der Waals surface area contributed by atoms with E-state index in [0.717, 1.165) is 32.0 Å². The summed E-state index contributed by atoms with van der Waals surface area (Å²) in [5.41, 5.74) is 2.73.